The molecule has 0 aromatic carbocycles. The van der Waals surface area contributed by atoms with Gasteiger partial charge < -0.3 is 20.8 Å². The molecule has 6 heteroatoms. The first kappa shape index (κ1) is 28.6. The minimum absolute atomic E-state index is 0.833. The minimum Gasteiger partial charge on any atom is -0.481 e. The number of rotatable bonds is 8. The second-order valence-electron chi connectivity index (χ2n) is 9.84. The molecule has 2 fully saturated rings. The van der Waals surface area contributed by atoms with Crippen LogP contribution in [0.3, 0.4) is 0 Å². The first-order chi connectivity index (χ1) is 15.4. The minimum atomic E-state index is -0.833. The monoisotopic (exact) mass is 452 g/mol. The highest BCUT2D eigenvalue weighted by Gasteiger charge is 2.17. The Morgan fingerprint density at radius 3 is 1.62 bits per heavy atom. The molecule has 1 unspecified atom stereocenters. The standard InChI is InChI=1S/C22H40N2.2C2H4O2/c1-3-7-19(8-4-1)15-23-17-21-11-13-22(14-12-21)18-24-16-20-9-5-2-6-10-20;2*1-2(3)4/h11,19-20,22-24H,1-10,12-18H2;2*1H3,(H,3,4). The topological polar surface area (TPSA) is 98.7 Å². The van der Waals surface area contributed by atoms with E-state index in [0.29, 0.717) is 0 Å². The maximum atomic E-state index is 9.00. The van der Waals surface area contributed by atoms with E-state index >= 15 is 0 Å². The highest BCUT2D eigenvalue weighted by Crippen LogP contribution is 2.25. The number of aliphatic carboxylic acids is 2. The molecular formula is C26H48N2O4. The molecule has 0 aromatic rings. The Kier molecular flexibility index (Phi) is 16.2. The molecule has 186 valence electrons. The fraction of sp³-hybridized carbons (Fsp3) is 0.846. The van der Waals surface area contributed by atoms with Crippen molar-refractivity contribution in [1.29, 1.82) is 0 Å². The zero-order valence-electron chi connectivity index (χ0n) is 20.5. The van der Waals surface area contributed by atoms with E-state index in [9.17, 15) is 0 Å². The van der Waals surface area contributed by atoms with Crippen molar-refractivity contribution < 1.29 is 19.8 Å². The van der Waals surface area contributed by atoms with Crippen molar-refractivity contribution in [1.82, 2.24) is 10.6 Å². The van der Waals surface area contributed by atoms with Gasteiger partial charge in [-0.3, -0.25) is 9.59 Å². The quantitative estimate of drug-likeness (QED) is 0.376. The largest absolute Gasteiger partial charge is 0.481 e. The summed E-state index contributed by atoms with van der Waals surface area (Å²) in [5.74, 6) is 1.15. The van der Waals surface area contributed by atoms with Crippen LogP contribution in [-0.4, -0.2) is 48.3 Å². The number of hydrogen-bond donors (Lipinski definition) is 4. The summed E-state index contributed by atoms with van der Waals surface area (Å²) in [6.45, 7) is 7.09. The van der Waals surface area contributed by atoms with Crippen molar-refractivity contribution in [2.24, 2.45) is 17.8 Å². The average molecular weight is 453 g/mol. The van der Waals surface area contributed by atoms with E-state index in [1.165, 1.54) is 103 Å². The third kappa shape index (κ3) is 16.3. The number of hydrogen-bond acceptors (Lipinski definition) is 4. The Morgan fingerprint density at radius 1 is 0.750 bits per heavy atom. The molecule has 0 amide bonds. The van der Waals surface area contributed by atoms with Gasteiger partial charge in [0.2, 0.25) is 0 Å². The number of carbonyl (C=O) groups is 2. The van der Waals surface area contributed by atoms with Crippen LogP contribution in [0.1, 0.15) is 97.3 Å². The Bertz CT molecular complexity index is 518. The number of carboxylic acids is 2. The van der Waals surface area contributed by atoms with Crippen LogP contribution in [0, 0.1) is 17.8 Å². The summed E-state index contributed by atoms with van der Waals surface area (Å²) < 4.78 is 0. The summed E-state index contributed by atoms with van der Waals surface area (Å²) in [6, 6.07) is 0. The Labute approximate surface area is 195 Å². The van der Waals surface area contributed by atoms with E-state index in [1.807, 2.05) is 0 Å². The van der Waals surface area contributed by atoms with Crippen LogP contribution >= 0.6 is 0 Å². The van der Waals surface area contributed by atoms with Gasteiger partial charge in [-0.25, -0.2) is 0 Å². The molecule has 0 aliphatic heterocycles. The van der Waals surface area contributed by atoms with Gasteiger partial charge in [-0.1, -0.05) is 50.2 Å². The molecule has 3 rings (SSSR count). The van der Waals surface area contributed by atoms with E-state index in [0.717, 1.165) is 38.1 Å². The van der Waals surface area contributed by atoms with Crippen LogP contribution in [-0.2, 0) is 9.59 Å². The maximum absolute atomic E-state index is 9.00. The predicted molar refractivity (Wildman–Crippen MR) is 131 cm³/mol. The van der Waals surface area contributed by atoms with Crippen molar-refractivity contribution in [3.63, 3.8) is 0 Å². The van der Waals surface area contributed by atoms with Crippen LogP contribution in [0.4, 0.5) is 0 Å². The lowest BCUT2D eigenvalue weighted by Crippen LogP contribution is -2.31. The van der Waals surface area contributed by atoms with Crippen LogP contribution in [0.15, 0.2) is 11.6 Å². The molecule has 0 radical (unpaired) electrons. The maximum Gasteiger partial charge on any atom is 0.300 e. The van der Waals surface area contributed by atoms with Crippen molar-refractivity contribution in [2.45, 2.75) is 97.3 Å². The second-order valence-corrected chi connectivity index (χ2v) is 9.84. The van der Waals surface area contributed by atoms with Crippen molar-refractivity contribution >= 4 is 11.9 Å². The molecule has 0 saturated heterocycles. The lowest BCUT2D eigenvalue weighted by atomic mass is 9.87. The van der Waals surface area contributed by atoms with Gasteiger partial charge in [-0.05, 0) is 82.3 Å². The first-order valence-electron chi connectivity index (χ1n) is 12.8. The third-order valence-electron chi connectivity index (χ3n) is 6.71. The summed E-state index contributed by atoms with van der Waals surface area (Å²) in [5.41, 5.74) is 1.68. The normalized spacial score (nSPS) is 21.9. The Morgan fingerprint density at radius 2 is 1.19 bits per heavy atom. The van der Waals surface area contributed by atoms with Crippen molar-refractivity contribution in [2.75, 3.05) is 26.2 Å². The summed E-state index contributed by atoms with van der Waals surface area (Å²) in [6.07, 6.45) is 21.2. The van der Waals surface area contributed by atoms with E-state index in [2.05, 4.69) is 16.7 Å². The summed E-state index contributed by atoms with van der Waals surface area (Å²) in [5, 5.41) is 22.4. The third-order valence-corrected chi connectivity index (χ3v) is 6.71. The zero-order chi connectivity index (χ0) is 23.6. The van der Waals surface area contributed by atoms with Gasteiger partial charge in [0.1, 0.15) is 0 Å². The van der Waals surface area contributed by atoms with Gasteiger partial charge in [0, 0.05) is 20.4 Å². The molecule has 0 bridgehead atoms. The molecule has 32 heavy (non-hydrogen) atoms. The van der Waals surface area contributed by atoms with E-state index in [4.69, 9.17) is 19.8 Å². The van der Waals surface area contributed by atoms with E-state index in [1.54, 1.807) is 5.57 Å². The first-order valence-corrected chi connectivity index (χ1v) is 12.8. The molecule has 2 saturated carbocycles. The lowest BCUT2D eigenvalue weighted by molar-refractivity contribution is -0.135. The molecule has 0 spiro atoms. The smallest absolute Gasteiger partial charge is 0.300 e. The van der Waals surface area contributed by atoms with E-state index in [-0.39, 0.29) is 0 Å². The second kappa shape index (κ2) is 18.1. The Balaban J connectivity index is 0.000000554. The number of carboxylic acid groups (broad SMARTS) is 2. The van der Waals surface area contributed by atoms with Gasteiger partial charge in [-0.2, -0.15) is 0 Å². The van der Waals surface area contributed by atoms with Crippen LogP contribution in [0.2, 0.25) is 0 Å². The Hall–Kier alpha value is -1.40. The molecule has 3 aliphatic rings. The SMILES string of the molecule is C1=C(CNCC2CCCCC2)CCC(CNCC2CCCCC2)C1.CC(=O)O.CC(=O)O. The van der Waals surface area contributed by atoms with E-state index < -0.39 is 11.9 Å². The van der Waals surface area contributed by atoms with Gasteiger partial charge >= 0.3 is 0 Å². The average Bonchev–Trinajstić information content (AvgIpc) is 2.76. The van der Waals surface area contributed by atoms with Crippen LogP contribution in [0.25, 0.3) is 0 Å². The van der Waals surface area contributed by atoms with Gasteiger partial charge in [0.15, 0.2) is 0 Å². The molecule has 4 N–H and O–H groups in total. The molecule has 6 nitrogen and oxygen atoms in total. The molecule has 1 atom stereocenters. The zero-order valence-corrected chi connectivity index (χ0v) is 20.5. The summed E-state index contributed by atoms with van der Waals surface area (Å²) in [7, 11) is 0. The highest BCUT2D eigenvalue weighted by molar-refractivity contribution is 5.63. The molecule has 0 aromatic heterocycles. The van der Waals surface area contributed by atoms with Gasteiger partial charge in [0.25, 0.3) is 11.9 Å². The molecular weight excluding hydrogens is 404 g/mol. The predicted octanol–water partition coefficient (Wildman–Crippen LogP) is 5.23. The van der Waals surface area contributed by atoms with Crippen molar-refractivity contribution in [3.8, 4) is 0 Å². The van der Waals surface area contributed by atoms with Crippen molar-refractivity contribution in [3.05, 3.63) is 11.6 Å². The summed E-state index contributed by atoms with van der Waals surface area (Å²) >= 11 is 0. The lowest BCUT2D eigenvalue weighted by Gasteiger charge is -2.26. The number of nitrogens with one attached hydrogen (secondary N) is 2. The van der Waals surface area contributed by atoms with Crippen LogP contribution < -0.4 is 10.6 Å². The number of allylic oxidation sites excluding steroid dienone is 1. The summed E-state index contributed by atoms with van der Waals surface area (Å²) in [4.78, 5) is 18.0. The fourth-order valence-electron chi connectivity index (χ4n) is 5.00. The van der Waals surface area contributed by atoms with Crippen LogP contribution in [0.5, 0.6) is 0 Å². The fourth-order valence-corrected chi connectivity index (χ4v) is 5.00. The van der Waals surface area contributed by atoms with Gasteiger partial charge in [0.05, 0.1) is 0 Å². The molecule has 3 aliphatic carbocycles. The highest BCUT2D eigenvalue weighted by atomic mass is 16.4. The molecule has 0 heterocycles. The van der Waals surface area contributed by atoms with Gasteiger partial charge in [-0.15, -0.1) is 0 Å².